The molecule has 1 fully saturated rings. The predicted molar refractivity (Wildman–Crippen MR) is 83.7 cm³/mol. The van der Waals surface area contributed by atoms with Gasteiger partial charge in [0.15, 0.2) is 0 Å². The van der Waals surface area contributed by atoms with E-state index in [1.54, 1.807) is 13.3 Å². The molecule has 21 heavy (non-hydrogen) atoms. The Morgan fingerprint density at radius 2 is 2.48 bits per heavy atom. The van der Waals surface area contributed by atoms with E-state index in [0.29, 0.717) is 19.3 Å². The van der Waals surface area contributed by atoms with Crippen molar-refractivity contribution in [2.24, 2.45) is 0 Å². The number of hydrogen-bond acceptors (Lipinski definition) is 4. The first kappa shape index (κ1) is 16.7. The maximum absolute atomic E-state index is 6.38. The number of methoxy groups -OCH3 is 1. The van der Waals surface area contributed by atoms with Crippen molar-refractivity contribution in [1.82, 2.24) is 15.1 Å². The number of nitrogens with zero attached hydrogens (tertiary/aromatic N) is 2. The first-order valence-corrected chi connectivity index (χ1v) is 8.19. The first-order chi connectivity index (χ1) is 10.3. The summed E-state index contributed by atoms with van der Waals surface area (Å²) in [5.41, 5.74) is 1.05. The van der Waals surface area contributed by atoms with Crippen LogP contribution in [0, 0.1) is 0 Å². The Bertz CT molecular complexity index is 419. The number of hydrogen-bond donors (Lipinski definition) is 1. The second-order valence-electron chi connectivity index (χ2n) is 5.47. The van der Waals surface area contributed by atoms with Crippen LogP contribution >= 0.6 is 11.6 Å². The molecule has 0 bridgehead atoms. The largest absolute Gasteiger partial charge is 0.383 e. The van der Waals surface area contributed by atoms with Crippen molar-refractivity contribution >= 4 is 11.6 Å². The Hall–Kier alpha value is -0.620. The molecule has 0 spiro atoms. The summed E-state index contributed by atoms with van der Waals surface area (Å²) in [5, 5.41) is 8.69. The van der Waals surface area contributed by atoms with Gasteiger partial charge in [-0.1, -0.05) is 18.5 Å². The number of nitrogens with one attached hydrogen (secondary N) is 1. The van der Waals surface area contributed by atoms with E-state index in [1.165, 1.54) is 0 Å². The summed E-state index contributed by atoms with van der Waals surface area (Å²) in [4.78, 5) is 0. The number of ether oxygens (including phenoxy) is 2. The molecule has 2 rings (SSSR count). The number of aromatic nitrogens is 2. The summed E-state index contributed by atoms with van der Waals surface area (Å²) < 4.78 is 12.9. The lowest BCUT2D eigenvalue weighted by atomic mass is 10.0. The molecular weight excluding hydrogens is 290 g/mol. The fraction of sp³-hybridized carbons (Fsp3) is 0.800. The van der Waals surface area contributed by atoms with Crippen LogP contribution in [-0.2, 0) is 16.0 Å². The zero-order valence-electron chi connectivity index (χ0n) is 13.0. The van der Waals surface area contributed by atoms with Gasteiger partial charge in [-0.05, 0) is 32.2 Å². The van der Waals surface area contributed by atoms with Gasteiger partial charge >= 0.3 is 0 Å². The highest BCUT2D eigenvalue weighted by Gasteiger charge is 2.26. The quantitative estimate of drug-likeness (QED) is 0.761. The molecule has 2 unspecified atom stereocenters. The molecule has 1 saturated heterocycles. The van der Waals surface area contributed by atoms with Crippen LogP contribution < -0.4 is 5.32 Å². The highest BCUT2D eigenvalue weighted by Crippen LogP contribution is 2.29. The zero-order valence-corrected chi connectivity index (χ0v) is 13.7. The average molecular weight is 316 g/mol. The molecular formula is C15H26ClN3O2. The second-order valence-corrected chi connectivity index (χ2v) is 5.88. The molecule has 1 aromatic rings. The summed E-state index contributed by atoms with van der Waals surface area (Å²) in [6.45, 7) is 5.35. The summed E-state index contributed by atoms with van der Waals surface area (Å²) in [6.07, 6.45) is 6.37. The van der Waals surface area contributed by atoms with E-state index >= 15 is 0 Å². The Labute approximate surface area is 131 Å². The lowest BCUT2D eigenvalue weighted by Gasteiger charge is -2.23. The van der Waals surface area contributed by atoms with Gasteiger partial charge in [0.1, 0.15) is 0 Å². The summed E-state index contributed by atoms with van der Waals surface area (Å²) in [5.74, 6) is 0. The molecule has 5 nitrogen and oxygen atoms in total. The summed E-state index contributed by atoms with van der Waals surface area (Å²) in [7, 11) is 1.70. The Balaban J connectivity index is 2.11. The highest BCUT2D eigenvalue weighted by molar-refractivity contribution is 6.31. The minimum Gasteiger partial charge on any atom is -0.383 e. The van der Waals surface area contributed by atoms with E-state index in [0.717, 1.165) is 49.6 Å². The Morgan fingerprint density at radius 1 is 1.62 bits per heavy atom. The van der Waals surface area contributed by atoms with Crippen molar-refractivity contribution in [3.63, 3.8) is 0 Å². The fourth-order valence-corrected chi connectivity index (χ4v) is 3.05. The van der Waals surface area contributed by atoms with Crippen LogP contribution in [0.1, 0.15) is 44.3 Å². The smallest absolute Gasteiger partial charge is 0.0834 e. The van der Waals surface area contributed by atoms with E-state index in [4.69, 9.17) is 21.1 Å². The van der Waals surface area contributed by atoms with E-state index < -0.39 is 0 Å². The van der Waals surface area contributed by atoms with Crippen LogP contribution in [0.5, 0.6) is 0 Å². The van der Waals surface area contributed by atoms with Crippen molar-refractivity contribution in [2.45, 2.75) is 51.3 Å². The van der Waals surface area contributed by atoms with Gasteiger partial charge < -0.3 is 14.8 Å². The predicted octanol–water partition coefficient (Wildman–Crippen LogP) is 2.79. The maximum Gasteiger partial charge on any atom is 0.0834 e. The van der Waals surface area contributed by atoms with Crippen LogP contribution in [0.15, 0.2) is 6.20 Å². The van der Waals surface area contributed by atoms with Crippen molar-refractivity contribution in [3.8, 4) is 0 Å². The van der Waals surface area contributed by atoms with Crippen molar-refractivity contribution in [3.05, 3.63) is 16.9 Å². The minimum absolute atomic E-state index is 0.180. The minimum atomic E-state index is 0.180. The van der Waals surface area contributed by atoms with Gasteiger partial charge in [0, 0.05) is 13.7 Å². The van der Waals surface area contributed by atoms with E-state index in [1.807, 2.05) is 4.68 Å². The van der Waals surface area contributed by atoms with Crippen molar-refractivity contribution in [2.75, 3.05) is 26.9 Å². The number of rotatable bonds is 9. The average Bonchev–Trinajstić information content (AvgIpc) is 3.11. The molecule has 2 atom stereocenters. The molecule has 0 amide bonds. The number of halogens is 1. The van der Waals surface area contributed by atoms with Gasteiger partial charge in [-0.15, -0.1) is 0 Å². The van der Waals surface area contributed by atoms with Crippen molar-refractivity contribution < 1.29 is 9.47 Å². The third kappa shape index (κ3) is 4.68. The van der Waals surface area contributed by atoms with Crippen LogP contribution in [0.2, 0.25) is 5.02 Å². The summed E-state index contributed by atoms with van der Waals surface area (Å²) in [6, 6.07) is 0.180. The molecule has 0 aromatic carbocycles. The molecule has 0 radical (unpaired) electrons. The Kier molecular flexibility index (Phi) is 6.96. The molecule has 2 heterocycles. The topological polar surface area (TPSA) is 48.3 Å². The molecule has 6 heteroatoms. The molecule has 120 valence electrons. The van der Waals surface area contributed by atoms with E-state index in [2.05, 4.69) is 17.3 Å². The molecule has 1 aliphatic heterocycles. The second kappa shape index (κ2) is 8.73. The van der Waals surface area contributed by atoms with Gasteiger partial charge in [-0.2, -0.15) is 5.10 Å². The molecule has 0 saturated carbocycles. The highest BCUT2D eigenvalue weighted by atomic mass is 35.5. The van der Waals surface area contributed by atoms with Gasteiger partial charge in [-0.3, -0.25) is 4.68 Å². The van der Waals surface area contributed by atoms with Gasteiger partial charge in [-0.25, -0.2) is 0 Å². The van der Waals surface area contributed by atoms with E-state index in [9.17, 15) is 0 Å². The summed E-state index contributed by atoms with van der Waals surface area (Å²) >= 11 is 6.38. The normalized spacial score (nSPS) is 20.0. The third-order valence-corrected chi connectivity index (χ3v) is 4.13. The third-order valence-electron chi connectivity index (χ3n) is 3.83. The van der Waals surface area contributed by atoms with Crippen LogP contribution in [0.25, 0.3) is 0 Å². The van der Waals surface area contributed by atoms with Gasteiger partial charge in [0.05, 0.1) is 42.2 Å². The van der Waals surface area contributed by atoms with Gasteiger partial charge in [0.25, 0.3) is 0 Å². The maximum atomic E-state index is 6.38. The molecule has 0 aliphatic carbocycles. The SMILES string of the molecule is CCCNC(CC1CCCO1)c1c(Cl)cnn1CCOC. The van der Waals surface area contributed by atoms with Crippen LogP contribution in [-0.4, -0.2) is 42.8 Å². The monoisotopic (exact) mass is 315 g/mol. The Morgan fingerprint density at radius 3 is 3.14 bits per heavy atom. The standard InChI is InChI=1S/C15H26ClN3O2/c1-3-6-17-14(10-12-5-4-8-21-12)15-13(16)11-18-19(15)7-9-20-2/h11-12,14,17H,3-10H2,1-2H3. The van der Waals surface area contributed by atoms with Crippen molar-refractivity contribution in [1.29, 1.82) is 0 Å². The lowest BCUT2D eigenvalue weighted by molar-refractivity contribution is 0.0932. The lowest BCUT2D eigenvalue weighted by Crippen LogP contribution is -2.29. The van der Waals surface area contributed by atoms with E-state index in [-0.39, 0.29) is 6.04 Å². The fourth-order valence-electron chi connectivity index (χ4n) is 2.78. The molecule has 1 aromatic heterocycles. The van der Waals surface area contributed by atoms with Crippen LogP contribution in [0.4, 0.5) is 0 Å². The van der Waals surface area contributed by atoms with Crippen LogP contribution in [0.3, 0.4) is 0 Å². The molecule has 1 N–H and O–H groups in total. The molecule has 1 aliphatic rings. The van der Waals surface area contributed by atoms with Gasteiger partial charge in [0.2, 0.25) is 0 Å². The first-order valence-electron chi connectivity index (χ1n) is 7.81. The zero-order chi connectivity index (χ0) is 15.1.